The molecule has 1 aliphatic heterocycles. The maximum atomic E-state index is 12.9. The van der Waals surface area contributed by atoms with Crippen molar-refractivity contribution in [3.63, 3.8) is 0 Å². The first-order valence-corrected chi connectivity index (χ1v) is 7.85. The van der Waals surface area contributed by atoms with Gasteiger partial charge in [-0.1, -0.05) is 17.7 Å². The van der Waals surface area contributed by atoms with E-state index in [4.69, 9.17) is 11.6 Å². The number of aromatic hydroxyl groups is 1. The van der Waals surface area contributed by atoms with Crippen molar-refractivity contribution < 1.29 is 19.6 Å². The number of nitro groups is 1. The Morgan fingerprint density at radius 2 is 1.69 bits per heavy atom. The summed E-state index contributed by atoms with van der Waals surface area (Å²) >= 11 is 5.93. The highest BCUT2D eigenvalue weighted by Crippen LogP contribution is 2.39. The van der Waals surface area contributed by atoms with E-state index in [0.29, 0.717) is 0 Å². The molecule has 4 rings (SSSR count). The average molecular weight is 369 g/mol. The van der Waals surface area contributed by atoms with Crippen LogP contribution in [0, 0.1) is 10.1 Å². The van der Waals surface area contributed by atoms with Crippen LogP contribution in [0.2, 0.25) is 5.02 Å². The molecule has 0 aromatic heterocycles. The normalized spacial score (nSPS) is 13.3. The van der Waals surface area contributed by atoms with E-state index >= 15 is 0 Å². The molecule has 26 heavy (non-hydrogen) atoms. The lowest BCUT2D eigenvalue weighted by Crippen LogP contribution is -2.40. The molecule has 3 aromatic rings. The van der Waals surface area contributed by atoms with E-state index in [2.05, 4.69) is 0 Å². The third kappa shape index (κ3) is 2.14. The number of nitro benzene ring substituents is 1. The van der Waals surface area contributed by atoms with E-state index in [1.165, 1.54) is 48.5 Å². The lowest BCUT2D eigenvalue weighted by Gasteiger charge is -2.27. The SMILES string of the molecule is O=C1c2cccc3c([N+](=O)[O-])ccc(c23)C(=O)N1c1cc(Cl)ccc1O. The Labute approximate surface area is 151 Å². The fourth-order valence-corrected chi connectivity index (χ4v) is 3.30. The molecule has 1 aliphatic rings. The Bertz CT molecular complexity index is 1120. The molecule has 0 radical (unpaired) electrons. The minimum absolute atomic E-state index is 0.0477. The zero-order valence-electron chi connectivity index (χ0n) is 13.0. The predicted octanol–water partition coefficient (Wildman–Crippen LogP) is 3.91. The van der Waals surface area contributed by atoms with Crippen molar-refractivity contribution >= 4 is 45.6 Å². The highest BCUT2D eigenvalue weighted by Gasteiger charge is 2.36. The molecule has 0 saturated heterocycles. The highest BCUT2D eigenvalue weighted by molar-refractivity contribution is 6.37. The first-order chi connectivity index (χ1) is 12.4. The van der Waals surface area contributed by atoms with E-state index in [0.717, 1.165) is 4.90 Å². The van der Waals surface area contributed by atoms with Crippen LogP contribution < -0.4 is 4.90 Å². The topological polar surface area (TPSA) is 101 Å². The van der Waals surface area contributed by atoms with Crippen LogP contribution in [0.5, 0.6) is 5.75 Å². The number of imide groups is 1. The maximum absolute atomic E-state index is 12.9. The monoisotopic (exact) mass is 368 g/mol. The largest absolute Gasteiger partial charge is 0.506 e. The van der Waals surface area contributed by atoms with Gasteiger partial charge < -0.3 is 5.11 Å². The van der Waals surface area contributed by atoms with Crippen LogP contribution in [0.1, 0.15) is 20.7 Å². The number of non-ortho nitro benzene ring substituents is 1. The lowest BCUT2D eigenvalue weighted by molar-refractivity contribution is -0.383. The lowest BCUT2D eigenvalue weighted by atomic mass is 9.92. The van der Waals surface area contributed by atoms with Crippen LogP contribution >= 0.6 is 11.6 Å². The van der Waals surface area contributed by atoms with Gasteiger partial charge in [-0.3, -0.25) is 19.7 Å². The van der Waals surface area contributed by atoms with Crippen LogP contribution in [-0.2, 0) is 0 Å². The van der Waals surface area contributed by atoms with E-state index in [-0.39, 0.29) is 44.0 Å². The number of carbonyl (C=O) groups is 2. The number of rotatable bonds is 2. The number of phenols is 1. The number of amides is 2. The molecule has 8 heteroatoms. The molecule has 0 saturated carbocycles. The summed E-state index contributed by atoms with van der Waals surface area (Å²) in [5.74, 6) is -1.66. The first-order valence-electron chi connectivity index (χ1n) is 7.47. The summed E-state index contributed by atoms with van der Waals surface area (Å²) in [5, 5.41) is 22.0. The summed E-state index contributed by atoms with van der Waals surface area (Å²) < 4.78 is 0. The number of nitrogens with zero attached hydrogens (tertiary/aromatic N) is 2. The molecule has 128 valence electrons. The third-order valence-corrected chi connectivity index (χ3v) is 4.49. The highest BCUT2D eigenvalue weighted by atomic mass is 35.5. The number of anilines is 1. The second-order valence-corrected chi connectivity index (χ2v) is 6.13. The third-order valence-electron chi connectivity index (χ3n) is 4.26. The molecule has 7 nitrogen and oxygen atoms in total. The van der Waals surface area contributed by atoms with Gasteiger partial charge in [0.2, 0.25) is 0 Å². The Kier molecular flexibility index (Phi) is 3.41. The molecule has 3 aromatic carbocycles. The second-order valence-electron chi connectivity index (χ2n) is 5.70. The number of hydrogen-bond acceptors (Lipinski definition) is 5. The van der Waals surface area contributed by atoms with Crippen LogP contribution in [0.3, 0.4) is 0 Å². The smallest absolute Gasteiger partial charge is 0.277 e. The number of halogens is 1. The summed E-state index contributed by atoms with van der Waals surface area (Å²) in [6, 6.07) is 11.0. The zero-order valence-corrected chi connectivity index (χ0v) is 13.7. The Morgan fingerprint density at radius 1 is 1.00 bits per heavy atom. The summed E-state index contributed by atoms with van der Waals surface area (Å²) in [7, 11) is 0. The predicted molar refractivity (Wildman–Crippen MR) is 94.9 cm³/mol. The van der Waals surface area contributed by atoms with Crippen LogP contribution in [0.4, 0.5) is 11.4 Å². The second kappa shape index (κ2) is 5.53. The summed E-state index contributed by atoms with van der Waals surface area (Å²) in [5.41, 5.74) is 0.0408. The van der Waals surface area contributed by atoms with E-state index < -0.39 is 16.7 Å². The molecule has 0 bridgehead atoms. The standard InChI is InChI=1S/C18H9ClN2O5/c19-9-4-7-15(22)14(8-9)20-17(23)11-3-1-2-10-13(21(25)26)6-5-12(16(10)11)18(20)24/h1-8,22H. The van der Waals surface area contributed by atoms with Crippen LogP contribution in [-0.4, -0.2) is 21.8 Å². The zero-order chi connectivity index (χ0) is 18.6. The summed E-state index contributed by atoms with van der Waals surface area (Å²) in [4.78, 5) is 37.4. The van der Waals surface area contributed by atoms with E-state index in [1.807, 2.05) is 0 Å². The van der Waals surface area contributed by atoms with Crippen molar-refractivity contribution in [2.45, 2.75) is 0 Å². The summed E-state index contributed by atoms with van der Waals surface area (Å²) in [6.45, 7) is 0. The van der Waals surface area contributed by atoms with Crippen molar-refractivity contribution in [2.24, 2.45) is 0 Å². The number of hydrogen-bond donors (Lipinski definition) is 1. The Balaban J connectivity index is 2.02. The molecule has 0 spiro atoms. The molecular formula is C18H9ClN2O5. The van der Waals surface area contributed by atoms with Gasteiger partial charge in [-0.15, -0.1) is 0 Å². The van der Waals surface area contributed by atoms with Gasteiger partial charge in [0.05, 0.1) is 16.0 Å². The van der Waals surface area contributed by atoms with Gasteiger partial charge in [0, 0.05) is 27.6 Å². The molecule has 1 heterocycles. The Hall–Kier alpha value is -3.45. The van der Waals surface area contributed by atoms with Gasteiger partial charge in [0.15, 0.2) is 0 Å². The van der Waals surface area contributed by atoms with Crippen LogP contribution in [0.25, 0.3) is 10.8 Å². The maximum Gasteiger partial charge on any atom is 0.277 e. The van der Waals surface area contributed by atoms with Gasteiger partial charge in [-0.2, -0.15) is 0 Å². The van der Waals surface area contributed by atoms with Gasteiger partial charge in [0.25, 0.3) is 17.5 Å². The molecule has 0 aliphatic carbocycles. The molecule has 0 atom stereocenters. The van der Waals surface area contributed by atoms with E-state index in [9.17, 15) is 24.8 Å². The molecule has 1 N–H and O–H groups in total. The fraction of sp³-hybridized carbons (Fsp3) is 0. The molecular weight excluding hydrogens is 360 g/mol. The molecule has 0 fully saturated rings. The number of phenolic OH excluding ortho intramolecular Hbond substituents is 1. The quantitative estimate of drug-likeness (QED) is 0.420. The van der Waals surface area contributed by atoms with Crippen molar-refractivity contribution in [3.05, 3.63) is 74.8 Å². The minimum Gasteiger partial charge on any atom is -0.506 e. The number of benzene rings is 3. The van der Waals surface area contributed by atoms with Crippen molar-refractivity contribution in [1.82, 2.24) is 0 Å². The van der Waals surface area contributed by atoms with E-state index in [1.54, 1.807) is 0 Å². The Morgan fingerprint density at radius 3 is 2.38 bits per heavy atom. The van der Waals surface area contributed by atoms with Crippen molar-refractivity contribution in [3.8, 4) is 5.75 Å². The molecule has 0 unspecified atom stereocenters. The van der Waals surface area contributed by atoms with Crippen molar-refractivity contribution in [1.29, 1.82) is 0 Å². The average Bonchev–Trinajstić information content (AvgIpc) is 2.62. The minimum atomic E-state index is -0.689. The van der Waals surface area contributed by atoms with Gasteiger partial charge >= 0.3 is 0 Å². The van der Waals surface area contributed by atoms with Gasteiger partial charge in [-0.05, 0) is 36.4 Å². The van der Waals surface area contributed by atoms with Crippen LogP contribution in [0.15, 0.2) is 48.5 Å². The first kappa shape index (κ1) is 16.0. The number of carbonyl (C=O) groups excluding carboxylic acids is 2. The summed E-state index contributed by atoms with van der Waals surface area (Å²) in [6.07, 6.45) is 0. The fourth-order valence-electron chi connectivity index (χ4n) is 3.13. The molecule has 2 amide bonds. The van der Waals surface area contributed by atoms with Gasteiger partial charge in [0.1, 0.15) is 5.75 Å². The van der Waals surface area contributed by atoms with Crippen molar-refractivity contribution in [2.75, 3.05) is 4.90 Å². The van der Waals surface area contributed by atoms with Gasteiger partial charge in [-0.25, -0.2) is 4.90 Å².